The first-order valence-electron chi connectivity index (χ1n) is 13.1. The molecule has 1 atom stereocenters. The second-order valence-electron chi connectivity index (χ2n) is 10.0. The predicted molar refractivity (Wildman–Crippen MR) is 140 cm³/mol. The van der Waals surface area contributed by atoms with Crippen LogP contribution in [0.4, 0.5) is 0 Å². The fourth-order valence-corrected chi connectivity index (χ4v) is 5.57. The molecular formula is C30H30N2O5. The quantitative estimate of drug-likeness (QED) is 0.471. The number of nitrogens with one attached hydrogen (secondary N) is 1. The number of esters is 1. The number of carbonyl (C=O) groups is 2. The molecule has 1 unspecified atom stereocenters. The van der Waals surface area contributed by atoms with Gasteiger partial charge < -0.3 is 19.5 Å². The lowest BCUT2D eigenvalue weighted by Crippen LogP contribution is -2.41. The molecule has 190 valence electrons. The Morgan fingerprint density at radius 2 is 1.86 bits per heavy atom. The zero-order valence-electron chi connectivity index (χ0n) is 20.9. The number of para-hydroxylation sites is 1. The van der Waals surface area contributed by atoms with Crippen LogP contribution in [0, 0.1) is 0 Å². The van der Waals surface area contributed by atoms with Crippen molar-refractivity contribution in [3.05, 3.63) is 64.8 Å². The third-order valence-electron chi connectivity index (χ3n) is 7.47. The predicted octanol–water partition coefficient (Wildman–Crippen LogP) is 5.44. The van der Waals surface area contributed by atoms with Crippen molar-refractivity contribution in [1.82, 2.24) is 10.3 Å². The molecule has 0 radical (unpaired) electrons. The van der Waals surface area contributed by atoms with Gasteiger partial charge in [-0.1, -0.05) is 37.1 Å². The minimum absolute atomic E-state index is 0.173. The second-order valence-corrected chi connectivity index (χ2v) is 10.0. The minimum Gasteiger partial charge on any atom is -0.454 e. The number of fused-ring (bicyclic) bond motifs is 3. The maximum Gasteiger partial charge on any atom is 0.339 e. The van der Waals surface area contributed by atoms with Gasteiger partial charge in [0.15, 0.2) is 17.6 Å². The van der Waals surface area contributed by atoms with Crippen LogP contribution >= 0.6 is 0 Å². The lowest BCUT2D eigenvalue weighted by molar-refractivity contribution is -0.129. The molecule has 3 aromatic rings. The molecule has 0 spiro atoms. The third-order valence-corrected chi connectivity index (χ3v) is 7.47. The van der Waals surface area contributed by atoms with Gasteiger partial charge >= 0.3 is 5.97 Å². The van der Waals surface area contributed by atoms with Crippen molar-refractivity contribution < 1.29 is 23.8 Å². The fourth-order valence-electron chi connectivity index (χ4n) is 5.57. The number of hydrogen-bond donors (Lipinski definition) is 1. The summed E-state index contributed by atoms with van der Waals surface area (Å²) in [4.78, 5) is 31.3. The van der Waals surface area contributed by atoms with E-state index in [0.717, 1.165) is 89.7 Å². The highest BCUT2D eigenvalue weighted by molar-refractivity contribution is 6.07. The third kappa shape index (κ3) is 4.66. The monoisotopic (exact) mass is 498 g/mol. The smallest absolute Gasteiger partial charge is 0.339 e. The van der Waals surface area contributed by atoms with Crippen LogP contribution in [0.3, 0.4) is 0 Å². The van der Waals surface area contributed by atoms with E-state index in [2.05, 4.69) is 11.4 Å². The molecule has 0 saturated heterocycles. The van der Waals surface area contributed by atoms with E-state index >= 15 is 0 Å². The summed E-state index contributed by atoms with van der Waals surface area (Å²) in [6, 6.07) is 13.7. The van der Waals surface area contributed by atoms with E-state index < -0.39 is 12.1 Å². The molecule has 1 amide bonds. The van der Waals surface area contributed by atoms with Gasteiger partial charge in [-0.3, -0.25) is 4.79 Å². The molecule has 6 rings (SSSR count). The van der Waals surface area contributed by atoms with Gasteiger partial charge in [-0.05, 0) is 80.0 Å². The Balaban J connectivity index is 1.34. The zero-order chi connectivity index (χ0) is 25.4. The Bertz CT molecular complexity index is 1410. The van der Waals surface area contributed by atoms with Gasteiger partial charge in [-0.15, -0.1) is 0 Å². The number of allylic oxidation sites excluding steroid dienone is 1. The molecular weight excluding hydrogens is 468 g/mol. The molecule has 2 heterocycles. The van der Waals surface area contributed by atoms with E-state index in [0.29, 0.717) is 5.56 Å². The normalized spacial score (nSPS) is 18.6. The van der Waals surface area contributed by atoms with Crippen LogP contribution in [-0.4, -0.2) is 35.8 Å². The molecule has 1 aromatic heterocycles. The van der Waals surface area contributed by atoms with E-state index in [1.807, 2.05) is 42.5 Å². The molecule has 1 N–H and O–H groups in total. The van der Waals surface area contributed by atoms with Gasteiger partial charge in [-0.2, -0.15) is 0 Å². The summed E-state index contributed by atoms with van der Waals surface area (Å²) in [5.74, 6) is 0.751. The van der Waals surface area contributed by atoms with Crippen molar-refractivity contribution in [2.24, 2.45) is 0 Å². The lowest BCUT2D eigenvalue weighted by atomic mass is 9.86. The Morgan fingerprint density at radius 1 is 1.05 bits per heavy atom. The van der Waals surface area contributed by atoms with E-state index in [4.69, 9.17) is 19.2 Å². The highest BCUT2D eigenvalue weighted by Gasteiger charge is 2.29. The molecule has 1 aliphatic heterocycles. The van der Waals surface area contributed by atoms with E-state index in [-0.39, 0.29) is 18.7 Å². The van der Waals surface area contributed by atoms with E-state index in [1.165, 1.54) is 0 Å². The van der Waals surface area contributed by atoms with Crippen LogP contribution in [0.5, 0.6) is 11.5 Å². The minimum atomic E-state index is -0.872. The number of amides is 1. The maximum atomic E-state index is 13.6. The Morgan fingerprint density at radius 3 is 2.73 bits per heavy atom. The van der Waals surface area contributed by atoms with Crippen molar-refractivity contribution in [2.75, 3.05) is 6.79 Å². The fraction of sp³-hybridized carbons (Fsp3) is 0.367. The van der Waals surface area contributed by atoms with Gasteiger partial charge in [0.1, 0.15) is 0 Å². The molecule has 3 aliphatic rings. The van der Waals surface area contributed by atoms with Crippen LogP contribution in [-0.2, 0) is 16.0 Å². The van der Waals surface area contributed by atoms with Gasteiger partial charge in [-0.25, -0.2) is 9.78 Å². The highest BCUT2D eigenvalue weighted by atomic mass is 16.7. The van der Waals surface area contributed by atoms with Crippen LogP contribution in [0.2, 0.25) is 0 Å². The molecule has 7 heteroatoms. The van der Waals surface area contributed by atoms with Gasteiger partial charge in [0.05, 0.1) is 16.8 Å². The summed E-state index contributed by atoms with van der Waals surface area (Å²) in [5, 5.41) is 3.78. The van der Waals surface area contributed by atoms with Crippen LogP contribution in [0.25, 0.3) is 22.6 Å². The average Bonchev–Trinajstić information content (AvgIpc) is 3.59. The van der Waals surface area contributed by atoms with Crippen molar-refractivity contribution in [3.8, 4) is 11.5 Å². The van der Waals surface area contributed by atoms with Crippen molar-refractivity contribution in [1.29, 1.82) is 0 Å². The SMILES string of the molecule is CC(OC(=O)c1c2c(nc3ccccc13)C(=Cc1ccc3c(c1)OCO3)CCC2)C(=O)NC1CCCC1. The highest BCUT2D eigenvalue weighted by Crippen LogP contribution is 2.38. The first-order valence-corrected chi connectivity index (χ1v) is 13.1. The number of rotatable bonds is 5. The number of ether oxygens (including phenoxy) is 3. The summed E-state index contributed by atoms with van der Waals surface area (Å²) in [6.07, 6.45) is 7.90. The number of benzene rings is 2. The molecule has 0 bridgehead atoms. The number of carbonyl (C=O) groups excluding carboxylic acids is 2. The first kappa shape index (κ1) is 23.5. The number of nitrogens with zero attached hydrogens (tertiary/aromatic N) is 1. The summed E-state index contributed by atoms with van der Waals surface area (Å²) in [6.45, 7) is 1.87. The molecule has 7 nitrogen and oxygen atoms in total. The van der Waals surface area contributed by atoms with Gasteiger partial charge in [0.2, 0.25) is 6.79 Å². The standard InChI is InChI=1S/C30H30N2O5/c1-18(29(33)31-21-8-2-3-9-21)37-30(34)27-22-10-4-5-12-24(22)32-28-20(7-6-11-23(27)28)15-19-13-14-25-26(16-19)36-17-35-25/h4-5,10,12-16,18,21H,2-3,6-9,11,17H2,1H3,(H,31,33). The molecule has 2 aromatic carbocycles. The number of hydrogen-bond acceptors (Lipinski definition) is 6. The summed E-state index contributed by atoms with van der Waals surface area (Å²) in [7, 11) is 0. The molecule has 2 aliphatic carbocycles. The molecule has 37 heavy (non-hydrogen) atoms. The van der Waals surface area contributed by atoms with Gasteiger partial charge in [0.25, 0.3) is 5.91 Å². The zero-order valence-corrected chi connectivity index (χ0v) is 20.9. The second kappa shape index (κ2) is 9.88. The largest absolute Gasteiger partial charge is 0.454 e. The molecule has 1 fully saturated rings. The summed E-state index contributed by atoms with van der Waals surface area (Å²) in [5.41, 5.74) is 4.99. The topological polar surface area (TPSA) is 86.8 Å². The summed E-state index contributed by atoms with van der Waals surface area (Å²) < 4.78 is 16.7. The Kier molecular flexibility index (Phi) is 6.28. The number of aromatic nitrogens is 1. The van der Waals surface area contributed by atoms with Crippen molar-refractivity contribution in [2.45, 2.75) is 64.0 Å². The average molecular weight is 499 g/mol. The Labute approximate surface area is 215 Å². The molecule has 1 saturated carbocycles. The van der Waals surface area contributed by atoms with Gasteiger partial charge in [0, 0.05) is 11.4 Å². The van der Waals surface area contributed by atoms with E-state index in [9.17, 15) is 9.59 Å². The van der Waals surface area contributed by atoms with E-state index in [1.54, 1.807) is 6.92 Å². The Hall–Kier alpha value is -3.87. The van der Waals surface area contributed by atoms with Crippen LogP contribution < -0.4 is 14.8 Å². The maximum absolute atomic E-state index is 13.6. The van der Waals surface area contributed by atoms with Crippen molar-refractivity contribution in [3.63, 3.8) is 0 Å². The van der Waals surface area contributed by atoms with Crippen LogP contribution in [0.1, 0.15) is 72.6 Å². The van der Waals surface area contributed by atoms with Crippen LogP contribution in [0.15, 0.2) is 42.5 Å². The lowest BCUT2D eigenvalue weighted by Gasteiger charge is -2.23. The summed E-state index contributed by atoms with van der Waals surface area (Å²) >= 11 is 0. The number of pyridine rings is 1. The first-order chi connectivity index (χ1) is 18.1. The van der Waals surface area contributed by atoms with Crippen molar-refractivity contribution >= 4 is 34.4 Å².